The first kappa shape index (κ1) is 20.6. The summed E-state index contributed by atoms with van der Waals surface area (Å²) in [7, 11) is 0. The molecule has 3 rings (SSSR count). The van der Waals surface area contributed by atoms with Crippen molar-refractivity contribution in [1.29, 1.82) is 0 Å². The molecule has 0 N–H and O–H groups in total. The zero-order valence-corrected chi connectivity index (χ0v) is 17.7. The Morgan fingerprint density at radius 1 is 1.00 bits per heavy atom. The number of aryl methyl sites for hydroxylation is 2. The molecule has 2 heterocycles. The minimum absolute atomic E-state index is 0.0225. The van der Waals surface area contributed by atoms with Crippen LogP contribution in [0, 0.1) is 13.8 Å². The highest BCUT2D eigenvalue weighted by Crippen LogP contribution is 2.34. The molecule has 1 aromatic carbocycles. The van der Waals surface area contributed by atoms with Crippen LogP contribution in [0.1, 0.15) is 56.7 Å². The van der Waals surface area contributed by atoms with E-state index in [9.17, 15) is 9.59 Å². The third kappa shape index (κ3) is 4.00. The Morgan fingerprint density at radius 3 is 2.29 bits per heavy atom. The fourth-order valence-corrected chi connectivity index (χ4v) is 4.10. The molecule has 0 bridgehead atoms. The van der Waals surface area contributed by atoms with Crippen LogP contribution < -0.4 is 0 Å². The first-order valence-electron chi connectivity index (χ1n) is 10.4. The van der Waals surface area contributed by atoms with Crippen molar-refractivity contribution in [2.75, 3.05) is 19.6 Å². The molecule has 5 heteroatoms. The van der Waals surface area contributed by atoms with E-state index in [0.717, 1.165) is 30.4 Å². The number of hydrogen-bond acceptors (Lipinski definition) is 4. The van der Waals surface area contributed by atoms with E-state index in [1.54, 1.807) is 0 Å². The van der Waals surface area contributed by atoms with Crippen LogP contribution in [0.5, 0.6) is 0 Å². The molecule has 1 fully saturated rings. The summed E-state index contributed by atoms with van der Waals surface area (Å²) in [5, 5.41) is 0. The number of carbonyl (C=O) groups is 2. The average Bonchev–Trinajstić information content (AvgIpc) is 2.88. The highest BCUT2D eigenvalue weighted by Gasteiger charge is 2.42. The van der Waals surface area contributed by atoms with Crippen LogP contribution in [0.15, 0.2) is 23.9 Å². The number of amides is 2. The molecule has 0 aliphatic carbocycles. The summed E-state index contributed by atoms with van der Waals surface area (Å²) in [5.41, 5.74) is 4.23. The van der Waals surface area contributed by atoms with Crippen molar-refractivity contribution in [2.24, 2.45) is 0 Å². The molecular weight excluding hydrogens is 352 g/mol. The van der Waals surface area contributed by atoms with Crippen LogP contribution >= 0.6 is 0 Å². The molecule has 0 aromatic heterocycles. The van der Waals surface area contributed by atoms with E-state index in [4.69, 9.17) is 4.74 Å². The molecule has 1 aromatic rings. The average molecular weight is 385 g/mol. The van der Waals surface area contributed by atoms with Gasteiger partial charge in [0.15, 0.2) is 0 Å². The Kier molecular flexibility index (Phi) is 6.23. The zero-order chi connectivity index (χ0) is 20.4. The van der Waals surface area contributed by atoms with Gasteiger partial charge in [0, 0.05) is 19.6 Å². The number of benzene rings is 1. The molecule has 0 saturated carbocycles. The van der Waals surface area contributed by atoms with Gasteiger partial charge in [-0.3, -0.25) is 14.5 Å². The number of morpholine rings is 1. The maximum atomic E-state index is 13.3. The monoisotopic (exact) mass is 384 g/mol. The lowest BCUT2D eigenvalue weighted by Gasteiger charge is -2.37. The second-order valence-corrected chi connectivity index (χ2v) is 8.15. The molecule has 2 unspecified atom stereocenters. The van der Waals surface area contributed by atoms with Gasteiger partial charge in [-0.05, 0) is 50.8 Å². The quantitative estimate of drug-likeness (QED) is 0.554. The van der Waals surface area contributed by atoms with Gasteiger partial charge >= 0.3 is 0 Å². The van der Waals surface area contributed by atoms with Crippen LogP contribution in [-0.2, 0) is 14.3 Å². The van der Waals surface area contributed by atoms with Crippen molar-refractivity contribution in [3.05, 3.63) is 40.6 Å². The molecule has 0 radical (unpaired) electrons. The van der Waals surface area contributed by atoms with E-state index in [1.807, 2.05) is 39.0 Å². The fraction of sp³-hybridized carbons (Fsp3) is 0.565. The van der Waals surface area contributed by atoms with Crippen molar-refractivity contribution >= 4 is 17.4 Å². The van der Waals surface area contributed by atoms with Gasteiger partial charge < -0.3 is 9.64 Å². The molecule has 28 heavy (non-hydrogen) atoms. The number of carbonyl (C=O) groups excluding carboxylic acids is 2. The summed E-state index contributed by atoms with van der Waals surface area (Å²) in [4.78, 5) is 30.1. The summed E-state index contributed by atoms with van der Waals surface area (Å²) >= 11 is 0. The first-order valence-corrected chi connectivity index (χ1v) is 10.4. The maximum absolute atomic E-state index is 13.3. The number of unbranched alkanes of at least 4 members (excludes halogenated alkanes) is 2. The standard InChI is InChI=1S/C23H32N2O3/c1-6-7-8-11-25-22(26)20(19-10-9-15(2)16(3)12-19)21(23(25)27)24-13-17(4)28-18(5)14-24/h9-10,12,17-18H,6-8,11,13-14H2,1-5H3. The lowest BCUT2D eigenvalue weighted by Crippen LogP contribution is -2.47. The van der Waals surface area contributed by atoms with Gasteiger partial charge in [0.2, 0.25) is 0 Å². The fourth-order valence-electron chi connectivity index (χ4n) is 4.10. The topological polar surface area (TPSA) is 49.9 Å². The van der Waals surface area contributed by atoms with E-state index in [0.29, 0.717) is 30.9 Å². The van der Waals surface area contributed by atoms with Gasteiger partial charge in [0.25, 0.3) is 11.8 Å². The summed E-state index contributed by atoms with van der Waals surface area (Å²) in [6.45, 7) is 12.0. The largest absolute Gasteiger partial charge is 0.372 e. The van der Waals surface area contributed by atoms with Crippen molar-refractivity contribution in [2.45, 2.75) is 66.1 Å². The predicted molar refractivity (Wildman–Crippen MR) is 111 cm³/mol. The summed E-state index contributed by atoms with van der Waals surface area (Å²) in [6, 6.07) is 6.02. The molecule has 1 saturated heterocycles. The molecule has 152 valence electrons. The molecule has 2 atom stereocenters. The van der Waals surface area contributed by atoms with Gasteiger partial charge in [-0.1, -0.05) is 38.0 Å². The number of ether oxygens (including phenoxy) is 1. The number of imide groups is 1. The minimum Gasteiger partial charge on any atom is -0.372 e. The second kappa shape index (κ2) is 8.48. The lowest BCUT2D eigenvalue weighted by molar-refractivity contribution is -0.138. The lowest BCUT2D eigenvalue weighted by atomic mass is 9.99. The van der Waals surface area contributed by atoms with E-state index >= 15 is 0 Å². The van der Waals surface area contributed by atoms with Gasteiger partial charge in [-0.15, -0.1) is 0 Å². The van der Waals surface area contributed by atoms with Crippen LogP contribution in [0.3, 0.4) is 0 Å². The summed E-state index contributed by atoms with van der Waals surface area (Å²) < 4.78 is 5.85. The summed E-state index contributed by atoms with van der Waals surface area (Å²) in [6.07, 6.45) is 2.96. The SMILES string of the molecule is CCCCCN1C(=O)C(c2ccc(C)c(C)c2)=C(N2CC(C)OC(C)C2)C1=O. The Labute approximate surface area is 168 Å². The summed E-state index contributed by atoms with van der Waals surface area (Å²) in [5.74, 6) is -0.318. The zero-order valence-electron chi connectivity index (χ0n) is 17.7. The van der Waals surface area contributed by atoms with Crippen molar-refractivity contribution in [3.63, 3.8) is 0 Å². The molecule has 5 nitrogen and oxygen atoms in total. The second-order valence-electron chi connectivity index (χ2n) is 8.15. The first-order chi connectivity index (χ1) is 13.3. The number of hydrogen-bond donors (Lipinski definition) is 0. The van der Waals surface area contributed by atoms with E-state index < -0.39 is 0 Å². The highest BCUT2D eigenvalue weighted by atomic mass is 16.5. The Bertz CT molecular complexity index is 789. The van der Waals surface area contributed by atoms with E-state index in [-0.39, 0.29) is 24.0 Å². The molecule has 2 aliphatic rings. The minimum atomic E-state index is -0.161. The van der Waals surface area contributed by atoms with E-state index in [1.165, 1.54) is 10.5 Å². The Hall–Kier alpha value is -2.14. The van der Waals surface area contributed by atoms with Gasteiger partial charge in [-0.25, -0.2) is 0 Å². The Morgan fingerprint density at radius 2 is 1.68 bits per heavy atom. The third-order valence-electron chi connectivity index (χ3n) is 5.66. The van der Waals surface area contributed by atoms with Crippen LogP contribution in [0.2, 0.25) is 0 Å². The molecular formula is C23H32N2O3. The smallest absolute Gasteiger partial charge is 0.277 e. The van der Waals surface area contributed by atoms with Gasteiger partial charge in [0.1, 0.15) is 5.70 Å². The number of nitrogens with zero attached hydrogens (tertiary/aromatic N) is 2. The van der Waals surface area contributed by atoms with Gasteiger partial charge in [-0.2, -0.15) is 0 Å². The molecule has 0 spiro atoms. The van der Waals surface area contributed by atoms with Crippen LogP contribution in [-0.4, -0.2) is 53.5 Å². The van der Waals surface area contributed by atoms with Crippen molar-refractivity contribution in [3.8, 4) is 0 Å². The van der Waals surface area contributed by atoms with E-state index in [2.05, 4.69) is 18.7 Å². The van der Waals surface area contributed by atoms with Crippen molar-refractivity contribution in [1.82, 2.24) is 9.80 Å². The highest BCUT2D eigenvalue weighted by molar-refractivity contribution is 6.35. The van der Waals surface area contributed by atoms with Gasteiger partial charge in [0.05, 0.1) is 17.8 Å². The number of rotatable bonds is 6. The Balaban J connectivity index is 2.03. The van der Waals surface area contributed by atoms with Crippen LogP contribution in [0.25, 0.3) is 5.57 Å². The predicted octanol–water partition coefficient (Wildman–Crippen LogP) is 3.68. The third-order valence-corrected chi connectivity index (χ3v) is 5.66. The maximum Gasteiger partial charge on any atom is 0.277 e. The molecule has 2 aliphatic heterocycles. The van der Waals surface area contributed by atoms with Crippen molar-refractivity contribution < 1.29 is 14.3 Å². The normalized spacial score (nSPS) is 23.2. The van der Waals surface area contributed by atoms with Crippen LogP contribution in [0.4, 0.5) is 0 Å². The molecule has 2 amide bonds.